The predicted molar refractivity (Wildman–Crippen MR) is 59.6 cm³/mol. The van der Waals surface area contributed by atoms with E-state index in [1.54, 1.807) is 13.8 Å². The number of benzene rings is 1. The Bertz CT molecular complexity index is 636. The van der Waals surface area contributed by atoms with Gasteiger partial charge < -0.3 is 14.6 Å². The molecule has 0 bridgehead atoms. The molecule has 0 unspecified atom stereocenters. The molecular weight excluding hydrogens is 224 g/mol. The molecule has 5 heteroatoms. The van der Waals surface area contributed by atoms with E-state index < -0.39 is 11.9 Å². The minimum atomic E-state index is -1.28. The molecule has 0 aliphatic carbocycles. The Morgan fingerprint density at radius 3 is 2.12 bits per heavy atom. The molecule has 5 nitrogen and oxygen atoms in total. The molecule has 1 aromatic heterocycles. The lowest BCUT2D eigenvalue weighted by Crippen LogP contribution is -2.07. The third-order valence-electron chi connectivity index (χ3n) is 2.78. The number of furan rings is 1. The van der Waals surface area contributed by atoms with Gasteiger partial charge in [-0.15, -0.1) is 0 Å². The van der Waals surface area contributed by atoms with Crippen LogP contribution in [0.25, 0.3) is 11.0 Å². The normalized spacial score (nSPS) is 10.7. The maximum Gasteiger partial charge on any atom is 0.336 e. The molecule has 0 fully saturated rings. The highest BCUT2D eigenvalue weighted by Crippen LogP contribution is 2.28. The smallest absolute Gasteiger partial charge is 0.336 e. The number of fused-ring (bicyclic) bond motifs is 1. The van der Waals surface area contributed by atoms with Gasteiger partial charge in [0.2, 0.25) is 0 Å². The van der Waals surface area contributed by atoms with Crippen LogP contribution in [0.3, 0.4) is 0 Å². The van der Waals surface area contributed by atoms with E-state index in [0.717, 1.165) is 5.56 Å². The fourth-order valence-corrected chi connectivity index (χ4v) is 1.74. The minimum absolute atomic E-state index is 0.228. The van der Waals surface area contributed by atoms with Crippen LogP contribution in [0, 0.1) is 13.8 Å². The second-order valence-electron chi connectivity index (χ2n) is 3.79. The van der Waals surface area contributed by atoms with Crippen LogP contribution in [0.1, 0.15) is 32.0 Å². The summed E-state index contributed by atoms with van der Waals surface area (Å²) in [5.41, 5.74) is 0.717. The molecule has 0 aliphatic rings. The van der Waals surface area contributed by atoms with Crippen molar-refractivity contribution in [3.05, 3.63) is 34.6 Å². The van der Waals surface area contributed by atoms with Crippen LogP contribution in [0.4, 0.5) is 0 Å². The zero-order valence-corrected chi connectivity index (χ0v) is 9.27. The SMILES string of the molecule is Cc1oc2cc(C(=O)O)c(C(=O)O)cc2c1C. The van der Waals surface area contributed by atoms with Gasteiger partial charge in [-0.3, -0.25) is 0 Å². The van der Waals surface area contributed by atoms with Crippen LogP contribution >= 0.6 is 0 Å². The molecule has 0 saturated heterocycles. The molecule has 0 aliphatic heterocycles. The van der Waals surface area contributed by atoms with Crippen molar-refractivity contribution in [2.24, 2.45) is 0 Å². The van der Waals surface area contributed by atoms with Gasteiger partial charge in [0.05, 0.1) is 11.1 Å². The first-order valence-corrected chi connectivity index (χ1v) is 4.92. The van der Waals surface area contributed by atoms with Gasteiger partial charge in [0, 0.05) is 5.39 Å². The van der Waals surface area contributed by atoms with Gasteiger partial charge in [-0.05, 0) is 31.5 Å². The van der Waals surface area contributed by atoms with E-state index in [-0.39, 0.29) is 11.1 Å². The summed E-state index contributed by atoms with van der Waals surface area (Å²) in [7, 11) is 0. The molecule has 0 atom stereocenters. The van der Waals surface area contributed by atoms with Gasteiger partial charge in [0.1, 0.15) is 11.3 Å². The molecule has 88 valence electrons. The Labute approximate surface area is 96.3 Å². The van der Waals surface area contributed by atoms with Crippen LogP contribution in [0.15, 0.2) is 16.5 Å². The second-order valence-corrected chi connectivity index (χ2v) is 3.79. The largest absolute Gasteiger partial charge is 0.478 e. The van der Waals surface area contributed by atoms with Crippen molar-refractivity contribution in [1.29, 1.82) is 0 Å². The number of aromatic carboxylic acids is 2. The Morgan fingerprint density at radius 2 is 1.59 bits per heavy atom. The van der Waals surface area contributed by atoms with E-state index in [4.69, 9.17) is 14.6 Å². The van der Waals surface area contributed by atoms with Gasteiger partial charge in [0.15, 0.2) is 0 Å². The Balaban J connectivity index is 2.86. The van der Waals surface area contributed by atoms with Gasteiger partial charge in [-0.2, -0.15) is 0 Å². The van der Waals surface area contributed by atoms with Crippen molar-refractivity contribution in [1.82, 2.24) is 0 Å². The summed E-state index contributed by atoms with van der Waals surface area (Å²) in [5, 5.41) is 18.6. The molecule has 0 amide bonds. The average Bonchev–Trinajstić information content (AvgIpc) is 2.53. The zero-order chi connectivity index (χ0) is 12.7. The summed E-state index contributed by atoms with van der Waals surface area (Å²) < 4.78 is 5.37. The van der Waals surface area contributed by atoms with Crippen molar-refractivity contribution < 1.29 is 24.2 Å². The lowest BCUT2D eigenvalue weighted by atomic mass is 10.0. The highest BCUT2D eigenvalue weighted by atomic mass is 16.4. The third-order valence-corrected chi connectivity index (χ3v) is 2.78. The zero-order valence-electron chi connectivity index (χ0n) is 9.27. The van der Waals surface area contributed by atoms with Crippen LogP contribution < -0.4 is 0 Å². The second kappa shape index (κ2) is 3.62. The molecular formula is C12H10O5. The fourth-order valence-electron chi connectivity index (χ4n) is 1.74. The molecule has 1 heterocycles. The summed E-state index contributed by atoms with van der Waals surface area (Å²) in [6.45, 7) is 3.55. The topological polar surface area (TPSA) is 87.7 Å². The minimum Gasteiger partial charge on any atom is -0.478 e. The highest BCUT2D eigenvalue weighted by molar-refractivity contribution is 6.06. The summed E-state index contributed by atoms with van der Waals surface area (Å²) in [4.78, 5) is 22.0. The van der Waals surface area contributed by atoms with Crippen LogP contribution in [0.2, 0.25) is 0 Å². The van der Waals surface area contributed by atoms with E-state index in [1.807, 2.05) is 0 Å². The molecule has 0 saturated carbocycles. The van der Waals surface area contributed by atoms with Gasteiger partial charge in [0.25, 0.3) is 0 Å². The lowest BCUT2D eigenvalue weighted by Gasteiger charge is -2.01. The van der Waals surface area contributed by atoms with Crippen molar-refractivity contribution in [2.45, 2.75) is 13.8 Å². The number of aryl methyl sites for hydroxylation is 2. The predicted octanol–water partition coefficient (Wildman–Crippen LogP) is 2.45. The molecule has 2 N–H and O–H groups in total. The van der Waals surface area contributed by atoms with E-state index in [9.17, 15) is 9.59 Å². The first-order valence-electron chi connectivity index (χ1n) is 4.92. The van der Waals surface area contributed by atoms with E-state index >= 15 is 0 Å². The molecule has 17 heavy (non-hydrogen) atoms. The number of hydrogen-bond acceptors (Lipinski definition) is 3. The van der Waals surface area contributed by atoms with E-state index in [1.165, 1.54) is 12.1 Å². The van der Waals surface area contributed by atoms with Crippen LogP contribution in [0.5, 0.6) is 0 Å². The summed E-state index contributed by atoms with van der Waals surface area (Å²) >= 11 is 0. The molecule has 2 rings (SSSR count). The third kappa shape index (κ3) is 1.65. The van der Waals surface area contributed by atoms with Gasteiger partial charge in [-0.1, -0.05) is 0 Å². The number of hydrogen-bond donors (Lipinski definition) is 2. The maximum absolute atomic E-state index is 11.0. The maximum atomic E-state index is 11.0. The fraction of sp³-hybridized carbons (Fsp3) is 0.167. The highest BCUT2D eigenvalue weighted by Gasteiger charge is 2.19. The van der Waals surface area contributed by atoms with Crippen LogP contribution in [-0.4, -0.2) is 22.2 Å². The standard InChI is InChI=1S/C12H10O5/c1-5-6(2)17-10-4-9(12(15)16)8(11(13)14)3-7(5)10/h3-4H,1-2H3,(H,13,14)(H,15,16). The molecule has 0 spiro atoms. The summed E-state index contributed by atoms with van der Waals surface area (Å²) in [5.74, 6) is -1.89. The monoisotopic (exact) mass is 234 g/mol. The Morgan fingerprint density at radius 1 is 1.06 bits per heavy atom. The number of carboxylic acids is 2. The average molecular weight is 234 g/mol. The molecule has 0 radical (unpaired) electrons. The first kappa shape index (κ1) is 11.2. The van der Waals surface area contributed by atoms with Crippen molar-refractivity contribution >= 4 is 22.9 Å². The van der Waals surface area contributed by atoms with Crippen molar-refractivity contribution in [2.75, 3.05) is 0 Å². The number of carboxylic acid groups (broad SMARTS) is 2. The van der Waals surface area contributed by atoms with Crippen LogP contribution in [-0.2, 0) is 0 Å². The molecule has 1 aromatic carbocycles. The van der Waals surface area contributed by atoms with Crippen molar-refractivity contribution in [3.63, 3.8) is 0 Å². The quantitative estimate of drug-likeness (QED) is 0.833. The summed E-state index contributed by atoms with van der Waals surface area (Å²) in [6.07, 6.45) is 0. The first-order chi connectivity index (χ1) is 7.91. The van der Waals surface area contributed by atoms with E-state index in [0.29, 0.717) is 16.7 Å². The van der Waals surface area contributed by atoms with E-state index in [2.05, 4.69) is 0 Å². The van der Waals surface area contributed by atoms with Gasteiger partial charge >= 0.3 is 11.9 Å². The Hall–Kier alpha value is -2.30. The number of rotatable bonds is 2. The number of carbonyl (C=O) groups is 2. The van der Waals surface area contributed by atoms with Crippen molar-refractivity contribution in [3.8, 4) is 0 Å². The molecule has 2 aromatic rings. The summed E-state index contributed by atoms with van der Waals surface area (Å²) in [6, 6.07) is 2.59. The lowest BCUT2D eigenvalue weighted by molar-refractivity contribution is 0.0652. The van der Waals surface area contributed by atoms with Gasteiger partial charge in [-0.25, -0.2) is 9.59 Å². The Kier molecular flexibility index (Phi) is 2.38.